The smallest absolute Gasteiger partial charge is 0.245 e. The van der Waals surface area contributed by atoms with E-state index in [2.05, 4.69) is 57.5 Å². The lowest BCUT2D eigenvalue weighted by Gasteiger charge is -2.17. The second-order valence-electron chi connectivity index (χ2n) is 6.80. The van der Waals surface area contributed by atoms with Crippen LogP contribution < -0.4 is 10.9 Å². The van der Waals surface area contributed by atoms with Gasteiger partial charge < -0.3 is 0 Å². The topological polar surface area (TPSA) is 65.8 Å². The molecular weight excluding hydrogens is 324 g/mol. The standard InChI is InChI=1S/C21H22N4O/c26-21(24-22-19-11-9-15-5-1-3-7-17(15)13-19)25-23-20-12-10-16-6-2-4-8-18(16)14-20/h1-8H,9-14H2,(H2,24,25,26)/b22-19-,23-20+. The zero-order valence-electron chi connectivity index (χ0n) is 14.7. The molecule has 2 aromatic rings. The summed E-state index contributed by atoms with van der Waals surface area (Å²) in [6.07, 6.45) is 5.29. The molecule has 2 aromatic carbocycles. The van der Waals surface area contributed by atoms with E-state index in [1.54, 1.807) is 0 Å². The molecule has 5 heteroatoms. The third kappa shape index (κ3) is 3.82. The first-order chi connectivity index (χ1) is 12.8. The van der Waals surface area contributed by atoms with Crippen molar-refractivity contribution in [1.82, 2.24) is 10.9 Å². The van der Waals surface area contributed by atoms with Gasteiger partial charge in [0.05, 0.1) is 0 Å². The summed E-state index contributed by atoms with van der Waals surface area (Å²) in [7, 11) is 0. The van der Waals surface area contributed by atoms with E-state index in [-0.39, 0.29) is 6.03 Å². The van der Waals surface area contributed by atoms with E-state index in [1.807, 2.05) is 12.1 Å². The number of urea groups is 1. The van der Waals surface area contributed by atoms with Crippen LogP contribution in [0.5, 0.6) is 0 Å². The third-order valence-corrected chi connectivity index (χ3v) is 5.02. The molecule has 5 nitrogen and oxygen atoms in total. The maximum atomic E-state index is 12.0. The van der Waals surface area contributed by atoms with E-state index in [9.17, 15) is 4.79 Å². The summed E-state index contributed by atoms with van der Waals surface area (Å²) >= 11 is 0. The van der Waals surface area contributed by atoms with Crippen molar-refractivity contribution >= 4 is 17.5 Å². The average molecular weight is 346 g/mol. The molecular formula is C21H22N4O. The highest BCUT2D eigenvalue weighted by molar-refractivity contribution is 5.91. The van der Waals surface area contributed by atoms with Gasteiger partial charge in [0.2, 0.25) is 0 Å². The zero-order valence-corrected chi connectivity index (χ0v) is 14.7. The summed E-state index contributed by atoms with van der Waals surface area (Å²) in [5.41, 5.74) is 12.5. The molecule has 0 spiro atoms. The van der Waals surface area contributed by atoms with Crippen LogP contribution in [0, 0.1) is 0 Å². The molecule has 0 fully saturated rings. The van der Waals surface area contributed by atoms with E-state index in [4.69, 9.17) is 0 Å². The van der Waals surface area contributed by atoms with Crippen molar-refractivity contribution in [2.75, 3.05) is 0 Å². The molecule has 0 bridgehead atoms. The van der Waals surface area contributed by atoms with Gasteiger partial charge >= 0.3 is 6.03 Å². The molecule has 0 unspecified atom stereocenters. The number of carbonyl (C=O) groups excluding carboxylic acids is 1. The number of fused-ring (bicyclic) bond motifs is 2. The Morgan fingerprint density at radius 3 is 1.54 bits per heavy atom. The molecule has 2 amide bonds. The van der Waals surface area contributed by atoms with E-state index in [0.717, 1.165) is 49.9 Å². The molecule has 0 aromatic heterocycles. The molecule has 2 N–H and O–H groups in total. The number of hydrazone groups is 2. The number of benzene rings is 2. The Kier molecular flexibility index (Phi) is 4.78. The van der Waals surface area contributed by atoms with E-state index in [0.29, 0.717) is 0 Å². The Bertz CT molecular complexity index is 814. The van der Waals surface area contributed by atoms with Crippen LogP contribution in [0.3, 0.4) is 0 Å². The summed E-state index contributed by atoms with van der Waals surface area (Å²) in [5.74, 6) is 0. The van der Waals surface area contributed by atoms with Crippen molar-refractivity contribution in [1.29, 1.82) is 0 Å². The lowest BCUT2D eigenvalue weighted by atomic mass is 9.90. The maximum Gasteiger partial charge on any atom is 0.355 e. The van der Waals surface area contributed by atoms with Gasteiger partial charge in [0.25, 0.3) is 0 Å². The van der Waals surface area contributed by atoms with Gasteiger partial charge in [-0.15, -0.1) is 0 Å². The Balaban J connectivity index is 1.31. The Morgan fingerprint density at radius 2 is 1.08 bits per heavy atom. The largest absolute Gasteiger partial charge is 0.355 e. The van der Waals surface area contributed by atoms with Crippen LogP contribution in [0.2, 0.25) is 0 Å². The first-order valence-corrected chi connectivity index (χ1v) is 9.08. The van der Waals surface area contributed by atoms with Gasteiger partial charge in [-0.1, -0.05) is 48.5 Å². The number of hydrogen-bond donors (Lipinski definition) is 2. The quantitative estimate of drug-likeness (QED) is 0.805. The lowest BCUT2D eigenvalue weighted by molar-refractivity contribution is 0.241. The van der Waals surface area contributed by atoms with Gasteiger partial charge in [0.1, 0.15) is 0 Å². The van der Waals surface area contributed by atoms with Gasteiger partial charge in [-0.2, -0.15) is 10.2 Å². The van der Waals surface area contributed by atoms with Gasteiger partial charge in [-0.3, -0.25) is 0 Å². The van der Waals surface area contributed by atoms with Crippen molar-refractivity contribution in [2.24, 2.45) is 10.2 Å². The number of rotatable bonds is 2. The molecule has 2 aliphatic rings. The fraction of sp³-hybridized carbons (Fsp3) is 0.286. The molecule has 0 radical (unpaired) electrons. The molecule has 0 saturated heterocycles. The number of nitrogens with one attached hydrogen (secondary N) is 2. The monoisotopic (exact) mass is 346 g/mol. The lowest BCUT2D eigenvalue weighted by Crippen LogP contribution is -2.31. The first kappa shape index (κ1) is 16.5. The maximum absolute atomic E-state index is 12.0. The summed E-state index contributed by atoms with van der Waals surface area (Å²) in [6, 6.07) is 16.4. The van der Waals surface area contributed by atoms with E-state index < -0.39 is 0 Å². The SMILES string of the molecule is O=C(N/N=C1/CCc2ccccc2C1)N/N=C1\CCc2ccccc2C1. The average Bonchev–Trinajstić information content (AvgIpc) is 2.70. The van der Waals surface area contributed by atoms with Crippen molar-refractivity contribution in [2.45, 2.75) is 38.5 Å². The van der Waals surface area contributed by atoms with Gasteiger partial charge in [-0.25, -0.2) is 15.6 Å². The zero-order chi connectivity index (χ0) is 17.8. The minimum absolute atomic E-state index is 0.386. The van der Waals surface area contributed by atoms with Crippen LogP contribution in [0.4, 0.5) is 4.79 Å². The second-order valence-corrected chi connectivity index (χ2v) is 6.80. The predicted molar refractivity (Wildman–Crippen MR) is 103 cm³/mol. The first-order valence-electron chi connectivity index (χ1n) is 9.08. The van der Waals surface area contributed by atoms with Crippen molar-refractivity contribution < 1.29 is 4.79 Å². The van der Waals surface area contributed by atoms with Crippen molar-refractivity contribution in [3.63, 3.8) is 0 Å². The molecule has 0 saturated carbocycles. The predicted octanol–water partition coefficient (Wildman–Crippen LogP) is 3.38. The minimum atomic E-state index is -0.386. The summed E-state index contributed by atoms with van der Waals surface area (Å²) in [6.45, 7) is 0. The Hall–Kier alpha value is -2.95. The van der Waals surface area contributed by atoms with Crippen molar-refractivity contribution in [3.8, 4) is 0 Å². The molecule has 0 heterocycles. The number of carbonyl (C=O) groups is 1. The molecule has 26 heavy (non-hydrogen) atoms. The van der Waals surface area contributed by atoms with Crippen LogP contribution in [-0.4, -0.2) is 17.5 Å². The molecule has 0 aliphatic heterocycles. The van der Waals surface area contributed by atoms with Crippen LogP contribution in [0.25, 0.3) is 0 Å². The highest BCUT2D eigenvalue weighted by Crippen LogP contribution is 2.20. The number of aryl methyl sites for hydroxylation is 2. The molecule has 132 valence electrons. The fourth-order valence-electron chi connectivity index (χ4n) is 3.60. The van der Waals surface area contributed by atoms with Gasteiger partial charge in [-0.05, 0) is 47.9 Å². The van der Waals surface area contributed by atoms with Gasteiger partial charge in [0, 0.05) is 24.3 Å². The molecule has 2 aliphatic carbocycles. The van der Waals surface area contributed by atoms with Crippen LogP contribution in [0.15, 0.2) is 58.7 Å². The minimum Gasteiger partial charge on any atom is -0.245 e. The number of amides is 2. The fourth-order valence-corrected chi connectivity index (χ4v) is 3.60. The Labute approximate surface area is 153 Å². The van der Waals surface area contributed by atoms with E-state index >= 15 is 0 Å². The molecule has 4 rings (SSSR count). The number of hydrogen-bond acceptors (Lipinski definition) is 3. The van der Waals surface area contributed by atoms with Gasteiger partial charge in [0.15, 0.2) is 0 Å². The van der Waals surface area contributed by atoms with Crippen LogP contribution >= 0.6 is 0 Å². The summed E-state index contributed by atoms with van der Waals surface area (Å²) < 4.78 is 0. The summed E-state index contributed by atoms with van der Waals surface area (Å²) in [5, 5.41) is 8.53. The Morgan fingerprint density at radius 1 is 0.654 bits per heavy atom. The summed E-state index contributed by atoms with van der Waals surface area (Å²) in [4.78, 5) is 12.0. The molecule has 0 atom stereocenters. The highest BCUT2D eigenvalue weighted by Gasteiger charge is 2.15. The van der Waals surface area contributed by atoms with Crippen LogP contribution in [0.1, 0.15) is 35.1 Å². The third-order valence-electron chi connectivity index (χ3n) is 5.02. The van der Waals surface area contributed by atoms with E-state index in [1.165, 1.54) is 22.3 Å². The number of nitrogens with zero attached hydrogens (tertiary/aromatic N) is 2. The van der Waals surface area contributed by atoms with Crippen LogP contribution in [-0.2, 0) is 25.7 Å². The highest BCUT2D eigenvalue weighted by atomic mass is 16.2. The van der Waals surface area contributed by atoms with Crippen molar-refractivity contribution in [3.05, 3.63) is 70.8 Å². The normalized spacial score (nSPS) is 18.9. The second kappa shape index (κ2) is 7.52.